The Labute approximate surface area is 147 Å². The van der Waals surface area contributed by atoms with Crippen molar-refractivity contribution in [3.05, 3.63) is 34.9 Å². The number of rotatable bonds is 5. The Hall–Kier alpha value is -1.60. The van der Waals surface area contributed by atoms with Gasteiger partial charge >= 0.3 is 0 Å². The quantitative estimate of drug-likeness (QED) is 0.845. The first kappa shape index (κ1) is 18.7. The van der Waals surface area contributed by atoms with Gasteiger partial charge in [0.25, 0.3) is 5.91 Å². The average molecular weight is 373 g/mol. The number of carbonyl (C=O) groups is 2. The molecule has 1 heterocycles. The maximum atomic E-state index is 12.5. The van der Waals surface area contributed by atoms with Gasteiger partial charge in [0, 0.05) is 31.8 Å². The molecular formula is C16H21ClN2O4S. The average Bonchev–Trinajstić information content (AvgIpc) is 2.53. The first-order valence-electron chi connectivity index (χ1n) is 7.77. The fraction of sp³-hybridized carbons (Fsp3) is 0.500. The molecule has 1 aromatic carbocycles. The van der Waals surface area contributed by atoms with E-state index in [-0.39, 0.29) is 30.0 Å². The third-order valence-electron chi connectivity index (χ3n) is 4.03. The highest BCUT2D eigenvalue weighted by atomic mass is 35.5. The van der Waals surface area contributed by atoms with Crippen LogP contribution in [0.3, 0.4) is 0 Å². The fourth-order valence-electron chi connectivity index (χ4n) is 2.65. The van der Waals surface area contributed by atoms with Crippen LogP contribution in [0, 0.1) is 5.92 Å². The Balaban J connectivity index is 1.84. The van der Waals surface area contributed by atoms with E-state index in [4.69, 9.17) is 11.6 Å². The minimum Gasteiger partial charge on any atom is -0.355 e. The van der Waals surface area contributed by atoms with Gasteiger partial charge in [0.1, 0.15) is 9.84 Å². The number of halogens is 1. The van der Waals surface area contributed by atoms with Crippen LogP contribution in [0.15, 0.2) is 24.3 Å². The number of amides is 2. The molecule has 0 aromatic heterocycles. The van der Waals surface area contributed by atoms with Crippen LogP contribution in [0.4, 0.5) is 0 Å². The van der Waals surface area contributed by atoms with Crippen molar-refractivity contribution in [2.24, 2.45) is 5.92 Å². The second-order valence-corrected chi connectivity index (χ2v) is 8.63. The Morgan fingerprint density at radius 3 is 2.46 bits per heavy atom. The monoisotopic (exact) mass is 372 g/mol. The number of hydrogen-bond donors (Lipinski definition) is 1. The van der Waals surface area contributed by atoms with Crippen molar-refractivity contribution in [2.75, 3.05) is 31.6 Å². The van der Waals surface area contributed by atoms with Crippen molar-refractivity contribution in [2.45, 2.75) is 12.8 Å². The zero-order chi connectivity index (χ0) is 17.7. The van der Waals surface area contributed by atoms with Gasteiger partial charge in [0.15, 0.2) is 0 Å². The van der Waals surface area contributed by atoms with E-state index in [0.29, 0.717) is 36.5 Å². The smallest absolute Gasteiger partial charge is 0.255 e. The molecule has 1 aliphatic heterocycles. The Morgan fingerprint density at radius 2 is 1.88 bits per heavy atom. The third kappa shape index (κ3) is 5.21. The van der Waals surface area contributed by atoms with E-state index < -0.39 is 9.84 Å². The van der Waals surface area contributed by atoms with Gasteiger partial charge in [-0.2, -0.15) is 0 Å². The third-order valence-corrected chi connectivity index (χ3v) is 5.30. The Morgan fingerprint density at radius 1 is 1.25 bits per heavy atom. The van der Waals surface area contributed by atoms with Crippen LogP contribution in [-0.2, 0) is 14.6 Å². The molecule has 0 saturated carbocycles. The van der Waals surface area contributed by atoms with Crippen molar-refractivity contribution in [1.82, 2.24) is 10.2 Å². The first-order valence-corrected chi connectivity index (χ1v) is 10.2. The molecule has 0 atom stereocenters. The molecule has 0 spiro atoms. The van der Waals surface area contributed by atoms with Crippen molar-refractivity contribution < 1.29 is 18.0 Å². The van der Waals surface area contributed by atoms with Crippen molar-refractivity contribution in [1.29, 1.82) is 0 Å². The number of likely N-dealkylation sites (tertiary alicyclic amines) is 1. The molecule has 1 aliphatic rings. The minimum atomic E-state index is -3.09. The topological polar surface area (TPSA) is 83.6 Å². The van der Waals surface area contributed by atoms with Crippen molar-refractivity contribution >= 4 is 33.3 Å². The number of nitrogens with one attached hydrogen (secondary N) is 1. The summed E-state index contributed by atoms with van der Waals surface area (Å²) in [7, 11) is -3.09. The van der Waals surface area contributed by atoms with Crippen LogP contribution in [-0.4, -0.2) is 56.8 Å². The maximum absolute atomic E-state index is 12.5. The zero-order valence-corrected chi connectivity index (χ0v) is 15.1. The molecule has 132 valence electrons. The summed E-state index contributed by atoms with van der Waals surface area (Å²) in [5.41, 5.74) is 0.468. The molecule has 1 aromatic rings. The Kier molecular flexibility index (Phi) is 6.23. The van der Waals surface area contributed by atoms with Crippen LogP contribution in [0.5, 0.6) is 0 Å². The molecule has 0 aliphatic carbocycles. The van der Waals surface area contributed by atoms with E-state index in [9.17, 15) is 18.0 Å². The van der Waals surface area contributed by atoms with Crippen LogP contribution in [0.2, 0.25) is 5.02 Å². The van der Waals surface area contributed by atoms with Gasteiger partial charge < -0.3 is 10.2 Å². The van der Waals surface area contributed by atoms with Crippen LogP contribution >= 0.6 is 11.6 Å². The van der Waals surface area contributed by atoms with Gasteiger partial charge in [0.2, 0.25) is 5.91 Å². The van der Waals surface area contributed by atoms with Gasteiger partial charge in [-0.3, -0.25) is 9.59 Å². The number of benzene rings is 1. The highest BCUT2D eigenvalue weighted by Gasteiger charge is 2.28. The Bertz CT molecular complexity index is 713. The standard InChI is InChI=1S/C16H21ClN2O4S/c1-24(22,23)11-8-18-15(20)12-6-9-19(10-7-12)16(21)13-4-2-3-5-14(13)17/h2-5,12H,6-11H2,1H3,(H,18,20). The van der Waals surface area contributed by atoms with Gasteiger partial charge in [0.05, 0.1) is 16.3 Å². The summed E-state index contributed by atoms with van der Waals surface area (Å²) in [6.45, 7) is 1.08. The van der Waals surface area contributed by atoms with E-state index >= 15 is 0 Å². The van der Waals surface area contributed by atoms with Gasteiger partial charge in [-0.1, -0.05) is 23.7 Å². The van der Waals surface area contributed by atoms with E-state index in [1.165, 1.54) is 0 Å². The predicted octanol–water partition coefficient (Wildman–Crippen LogP) is 1.35. The molecule has 2 amide bonds. The van der Waals surface area contributed by atoms with Crippen LogP contribution < -0.4 is 5.32 Å². The lowest BCUT2D eigenvalue weighted by molar-refractivity contribution is -0.126. The maximum Gasteiger partial charge on any atom is 0.255 e. The lowest BCUT2D eigenvalue weighted by Crippen LogP contribution is -2.43. The molecule has 6 nitrogen and oxygen atoms in total. The van der Waals surface area contributed by atoms with E-state index in [1.807, 2.05) is 0 Å². The van der Waals surface area contributed by atoms with E-state index in [2.05, 4.69) is 5.32 Å². The molecule has 0 unspecified atom stereocenters. The number of sulfone groups is 1. The lowest BCUT2D eigenvalue weighted by atomic mass is 9.95. The van der Waals surface area contributed by atoms with Gasteiger partial charge in [-0.05, 0) is 25.0 Å². The molecule has 0 bridgehead atoms. The highest BCUT2D eigenvalue weighted by Crippen LogP contribution is 2.22. The summed E-state index contributed by atoms with van der Waals surface area (Å²) in [6, 6.07) is 6.90. The van der Waals surface area contributed by atoms with Crippen LogP contribution in [0.1, 0.15) is 23.2 Å². The first-order chi connectivity index (χ1) is 11.3. The minimum absolute atomic E-state index is 0.0669. The molecule has 0 radical (unpaired) electrons. The van der Waals surface area contributed by atoms with Gasteiger partial charge in [-0.15, -0.1) is 0 Å². The molecule has 1 saturated heterocycles. The number of hydrogen-bond acceptors (Lipinski definition) is 4. The summed E-state index contributed by atoms with van der Waals surface area (Å²) < 4.78 is 22.1. The molecule has 2 rings (SSSR count). The van der Waals surface area contributed by atoms with E-state index in [0.717, 1.165) is 6.26 Å². The summed E-state index contributed by atoms with van der Waals surface area (Å²) in [5.74, 6) is -0.539. The molecule has 1 fully saturated rings. The summed E-state index contributed by atoms with van der Waals surface area (Å²) in [6.07, 6.45) is 2.25. The zero-order valence-electron chi connectivity index (χ0n) is 13.5. The van der Waals surface area contributed by atoms with Crippen molar-refractivity contribution in [3.8, 4) is 0 Å². The fourth-order valence-corrected chi connectivity index (χ4v) is 3.34. The molecule has 24 heavy (non-hydrogen) atoms. The second-order valence-electron chi connectivity index (χ2n) is 5.97. The summed E-state index contributed by atoms with van der Waals surface area (Å²) >= 11 is 6.05. The SMILES string of the molecule is CS(=O)(=O)CCNC(=O)C1CCN(C(=O)c2ccccc2Cl)CC1. The number of nitrogens with zero attached hydrogens (tertiary/aromatic N) is 1. The molecule has 1 N–H and O–H groups in total. The lowest BCUT2D eigenvalue weighted by Gasteiger charge is -2.31. The summed E-state index contributed by atoms with van der Waals surface area (Å²) in [4.78, 5) is 26.2. The molecule has 8 heteroatoms. The predicted molar refractivity (Wildman–Crippen MR) is 92.8 cm³/mol. The number of carbonyl (C=O) groups excluding carboxylic acids is 2. The van der Waals surface area contributed by atoms with E-state index in [1.54, 1.807) is 29.2 Å². The van der Waals surface area contributed by atoms with Crippen LogP contribution in [0.25, 0.3) is 0 Å². The largest absolute Gasteiger partial charge is 0.355 e. The second kappa shape index (κ2) is 7.98. The van der Waals surface area contributed by atoms with Crippen molar-refractivity contribution in [3.63, 3.8) is 0 Å². The highest BCUT2D eigenvalue weighted by molar-refractivity contribution is 7.90. The van der Waals surface area contributed by atoms with Gasteiger partial charge in [-0.25, -0.2) is 8.42 Å². The normalized spacial score (nSPS) is 16.0. The molecular weight excluding hydrogens is 352 g/mol. The number of piperidine rings is 1. The summed E-state index contributed by atoms with van der Waals surface area (Å²) in [5, 5.41) is 3.07.